The molecule has 0 saturated heterocycles. The van der Waals surface area contributed by atoms with Crippen LogP contribution in [0.25, 0.3) is 23.1 Å². The van der Waals surface area contributed by atoms with E-state index >= 15 is 0 Å². The first-order chi connectivity index (χ1) is 9.74. The summed E-state index contributed by atoms with van der Waals surface area (Å²) in [6.45, 7) is 0. The zero-order valence-corrected chi connectivity index (χ0v) is 10.5. The molecule has 0 radical (unpaired) electrons. The Morgan fingerprint density at radius 2 is 1.95 bits per heavy atom. The van der Waals surface area contributed by atoms with Gasteiger partial charge in [-0.05, 0) is 30.4 Å². The van der Waals surface area contributed by atoms with Crippen molar-refractivity contribution in [1.82, 2.24) is 4.98 Å². The quantitative estimate of drug-likeness (QED) is 0.784. The van der Waals surface area contributed by atoms with Crippen LogP contribution in [-0.2, 0) is 0 Å². The van der Waals surface area contributed by atoms with Crippen molar-refractivity contribution in [3.63, 3.8) is 0 Å². The third kappa shape index (κ3) is 2.31. The zero-order chi connectivity index (χ0) is 13.9. The molecule has 1 N–H and O–H groups in total. The monoisotopic (exact) mass is 265 g/mol. The lowest BCUT2D eigenvalue weighted by Crippen LogP contribution is -1.95. The van der Waals surface area contributed by atoms with Crippen LogP contribution in [0.4, 0.5) is 0 Å². The number of aromatic nitrogens is 1. The van der Waals surface area contributed by atoms with Crippen LogP contribution in [0.15, 0.2) is 53.1 Å². The number of nitrogens with zero attached hydrogens (tertiary/aromatic N) is 1. The van der Waals surface area contributed by atoms with Crippen molar-refractivity contribution in [1.29, 1.82) is 0 Å². The highest BCUT2D eigenvalue weighted by atomic mass is 16.4. The third-order valence-electron chi connectivity index (χ3n) is 2.94. The number of aromatic carboxylic acids is 1. The fourth-order valence-electron chi connectivity index (χ4n) is 1.97. The predicted octanol–water partition coefficient (Wildman–Crippen LogP) is 3.70. The minimum atomic E-state index is -1.08. The lowest BCUT2D eigenvalue weighted by atomic mass is 10.2. The van der Waals surface area contributed by atoms with Crippen LogP contribution in [0.2, 0.25) is 0 Å². The molecule has 2 aromatic heterocycles. The van der Waals surface area contributed by atoms with Gasteiger partial charge in [0, 0.05) is 10.9 Å². The Morgan fingerprint density at radius 3 is 2.80 bits per heavy atom. The van der Waals surface area contributed by atoms with Gasteiger partial charge in [-0.25, -0.2) is 9.78 Å². The molecule has 98 valence electrons. The van der Waals surface area contributed by atoms with Crippen LogP contribution >= 0.6 is 0 Å². The van der Waals surface area contributed by atoms with Gasteiger partial charge in [-0.15, -0.1) is 0 Å². The van der Waals surface area contributed by atoms with Gasteiger partial charge >= 0.3 is 5.97 Å². The van der Waals surface area contributed by atoms with E-state index in [-0.39, 0.29) is 5.76 Å². The molecule has 0 spiro atoms. The van der Waals surface area contributed by atoms with Gasteiger partial charge in [0.25, 0.3) is 0 Å². The van der Waals surface area contributed by atoms with Crippen LogP contribution in [-0.4, -0.2) is 16.1 Å². The summed E-state index contributed by atoms with van der Waals surface area (Å²) in [6, 6.07) is 13.3. The van der Waals surface area contributed by atoms with Crippen molar-refractivity contribution >= 4 is 29.0 Å². The molecule has 2 heterocycles. The SMILES string of the molecule is O=C(O)c1occc1/C=C/c1ccc2ccccc2n1. The number of para-hydroxylation sites is 1. The first kappa shape index (κ1) is 12.2. The predicted molar refractivity (Wildman–Crippen MR) is 76.3 cm³/mol. The number of benzene rings is 1. The number of pyridine rings is 1. The normalized spacial score (nSPS) is 11.2. The number of carboxylic acid groups (broad SMARTS) is 1. The first-order valence-electron chi connectivity index (χ1n) is 6.09. The number of carboxylic acids is 1. The highest BCUT2D eigenvalue weighted by Crippen LogP contribution is 2.16. The minimum Gasteiger partial charge on any atom is -0.475 e. The maximum Gasteiger partial charge on any atom is 0.372 e. The van der Waals surface area contributed by atoms with Crippen molar-refractivity contribution in [2.75, 3.05) is 0 Å². The number of fused-ring (bicyclic) bond motifs is 1. The number of hydrogen-bond donors (Lipinski definition) is 1. The van der Waals surface area contributed by atoms with E-state index < -0.39 is 5.97 Å². The molecular formula is C16H11NO3. The molecule has 4 nitrogen and oxygen atoms in total. The Labute approximate surface area is 115 Å². The largest absolute Gasteiger partial charge is 0.475 e. The van der Waals surface area contributed by atoms with Gasteiger partial charge in [-0.2, -0.15) is 0 Å². The molecule has 0 atom stereocenters. The molecule has 1 aromatic carbocycles. The van der Waals surface area contributed by atoms with Crippen LogP contribution in [0.5, 0.6) is 0 Å². The Balaban J connectivity index is 1.94. The molecule has 4 heteroatoms. The topological polar surface area (TPSA) is 63.3 Å². The van der Waals surface area contributed by atoms with Gasteiger partial charge in [-0.1, -0.05) is 24.3 Å². The molecule has 0 aliphatic rings. The van der Waals surface area contributed by atoms with Crippen molar-refractivity contribution in [2.45, 2.75) is 0 Å². The van der Waals surface area contributed by atoms with E-state index in [4.69, 9.17) is 9.52 Å². The second kappa shape index (κ2) is 5.01. The van der Waals surface area contributed by atoms with Crippen molar-refractivity contribution in [2.24, 2.45) is 0 Å². The molecule has 0 aliphatic carbocycles. The molecule has 0 aliphatic heterocycles. The lowest BCUT2D eigenvalue weighted by molar-refractivity contribution is 0.0662. The fraction of sp³-hybridized carbons (Fsp3) is 0. The molecule has 0 bridgehead atoms. The first-order valence-corrected chi connectivity index (χ1v) is 6.09. The zero-order valence-electron chi connectivity index (χ0n) is 10.5. The summed E-state index contributed by atoms with van der Waals surface area (Å²) < 4.78 is 4.91. The summed E-state index contributed by atoms with van der Waals surface area (Å²) in [6.07, 6.45) is 4.81. The smallest absolute Gasteiger partial charge is 0.372 e. The summed E-state index contributed by atoms with van der Waals surface area (Å²) in [5.74, 6) is -1.15. The van der Waals surface area contributed by atoms with E-state index in [0.717, 1.165) is 16.6 Å². The van der Waals surface area contributed by atoms with Crippen molar-refractivity contribution in [3.05, 3.63) is 65.7 Å². The van der Waals surface area contributed by atoms with Gasteiger partial charge in [-0.3, -0.25) is 0 Å². The molecule has 0 amide bonds. The van der Waals surface area contributed by atoms with Gasteiger partial charge in [0.1, 0.15) is 0 Å². The summed E-state index contributed by atoms with van der Waals surface area (Å²) in [7, 11) is 0. The molecule has 0 saturated carbocycles. The highest BCUT2D eigenvalue weighted by molar-refractivity contribution is 5.90. The summed E-state index contributed by atoms with van der Waals surface area (Å²) in [4.78, 5) is 15.4. The van der Waals surface area contributed by atoms with E-state index in [9.17, 15) is 4.79 Å². The molecular weight excluding hydrogens is 254 g/mol. The Morgan fingerprint density at radius 1 is 1.10 bits per heavy atom. The van der Waals surface area contributed by atoms with Crippen LogP contribution in [0, 0.1) is 0 Å². The summed E-state index contributed by atoms with van der Waals surface area (Å²) in [5, 5.41) is 10.0. The van der Waals surface area contributed by atoms with Gasteiger partial charge < -0.3 is 9.52 Å². The Kier molecular flexibility index (Phi) is 3.05. The fourth-order valence-corrected chi connectivity index (χ4v) is 1.97. The third-order valence-corrected chi connectivity index (χ3v) is 2.94. The molecule has 0 unspecified atom stereocenters. The molecule has 3 aromatic rings. The minimum absolute atomic E-state index is 0.0676. The second-order valence-electron chi connectivity index (χ2n) is 4.27. The average Bonchev–Trinajstić information content (AvgIpc) is 2.93. The van der Waals surface area contributed by atoms with E-state index in [2.05, 4.69) is 4.98 Å². The summed E-state index contributed by atoms with van der Waals surface area (Å²) in [5.41, 5.74) is 2.19. The Hall–Kier alpha value is -2.88. The average molecular weight is 265 g/mol. The molecule has 20 heavy (non-hydrogen) atoms. The summed E-state index contributed by atoms with van der Waals surface area (Å²) >= 11 is 0. The van der Waals surface area contributed by atoms with E-state index in [1.807, 2.05) is 36.4 Å². The molecule has 3 rings (SSSR count). The molecule has 0 fully saturated rings. The van der Waals surface area contributed by atoms with Crippen LogP contribution < -0.4 is 0 Å². The van der Waals surface area contributed by atoms with Gasteiger partial charge in [0.05, 0.1) is 17.5 Å². The van der Waals surface area contributed by atoms with Crippen LogP contribution in [0.1, 0.15) is 21.8 Å². The number of carbonyl (C=O) groups is 1. The number of rotatable bonds is 3. The van der Waals surface area contributed by atoms with E-state index in [1.54, 1.807) is 18.2 Å². The Bertz CT molecular complexity index is 802. The number of hydrogen-bond acceptors (Lipinski definition) is 3. The maximum absolute atomic E-state index is 10.9. The van der Waals surface area contributed by atoms with Crippen molar-refractivity contribution in [3.8, 4) is 0 Å². The van der Waals surface area contributed by atoms with E-state index in [1.165, 1.54) is 6.26 Å². The van der Waals surface area contributed by atoms with Gasteiger partial charge in [0.15, 0.2) is 0 Å². The second-order valence-corrected chi connectivity index (χ2v) is 4.27. The van der Waals surface area contributed by atoms with Crippen molar-refractivity contribution < 1.29 is 14.3 Å². The lowest BCUT2D eigenvalue weighted by Gasteiger charge is -1.98. The standard InChI is InChI=1S/C16H11NO3/c18-16(19)15-12(9-10-20-15)6-8-13-7-5-11-3-1-2-4-14(11)17-13/h1-10H,(H,18,19)/b8-6+. The maximum atomic E-state index is 10.9. The van der Waals surface area contributed by atoms with Gasteiger partial charge in [0.2, 0.25) is 5.76 Å². The van der Waals surface area contributed by atoms with Crippen LogP contribution in [0.3, 0.4) is 0 Å². The highest BCUT2D eigenvalue weighted by Gasteiger charge is 2.11. The number of furan rings is 1. The van der Waals surface area contributed by atoms with E-state index in [0.29, 0.717) is 5.56 Å².